The fraction of sp³-hybridized carbons (Fsp3) is 0.432. The number of aromatic nitrogens is 4. The second-order valence-electron chi connectivity index (χ2n) is 16.5. The van der Waals surface area contributed by atoms with E-state index in [1.54, 1.807) is 4.90 Å². The summed E-state index contributed by atoms with van der Waals surface area (Å²) in [5, 5.41) is 4.96. The molecule has 0 spiro atoms. The van der Waals surface area contributed by atoms with Crippen LogP contribution in [0.3, 0.4) is 0 Å². The van der Waals surface area contributed by atoms with Crippen LogP contribution < -0.4 is 5.32 Å². The zero-order chi connectivity index (χ0) is 38.7. The Morgan fingerprint density at radius 3 is 2.29 bits per heavy atom. The lowest BCUT2D eigenvalue weighted by molar-refractivity contribution is -0.141. The summed E-state index contributed by atoms with van der Waals surface area (Å²) in [4.78, 5) is 60.2. The molecule has 6 atom stereocenters. The van der Waals surface area contributed by atoms with Crippen molar-refractivity contribution >= 4 is 39.7 Å². The number of aromatic amines is 2. The summed E-state index contributed by atoms with van der Waals surface area (Å²) in [6.45, 7) is 12.6. The fourth-order valence-corrected chi connectivity index (χ4v) is 8.85. The van der Waals surface area contributed by atoms with Gasteiger partial charge in [0, 0.05) is 24.1 Å². The minimum absolute atomic E-state index is 0.00991. The Labute approximate surface area is 321 Å². The third-order valence-electron chi connectivity index (χ3n) is 12.2. The first-order valence-corrected chi connectivity index (χ1v) is 19.6. The van der Waals surface area contributed by atoms with Crippen LogP contribution in [0.1, 0.15) is 84.5 Å². The van der Waals surface area contributed by atoms with E-state index in [2.05, 4.69) is 95.6 Å². The van der Waals surface area contributed by atoms with E-state index >= 15 is 0 Å². The van der Waals surface area contributed by atoms with Crippen LogP contribution in [-0.4, -0.2) is 73.4 Å². The maximum Gasteiger partial charge on any atom is 0.407 e. The number of imidazole rings is 2. The Bertz CT molecular complexity index is 2320. The van der Waals surface area contributed by atoms with Crippen molar-refractivity contribution in [2.75, 3.05) is 13.7 Å². The molecule has 11 heteroatoms. The molecule has 3 aliphatic rings. The Kier molecular flexibility index (Phi) is 9.51. The maximum absolute atomic E-state index is 13.7. The van der Waals surface area contributed by atoms with Gasteiger partial charge in [-0.1, -0.05) is 76.6 Å². The quantitative estimate of drug-likeness (QED) is 0.130. The van der Waals surface area contributed by atoms with Crippen LogP contribution in [0, 0.1) is 23.7 Å². The van der Waals surface area contributed by atoms with Crippen molar-refractivity contribution in [1.29, 1.82) is 0 Å². The average molecular weight is 742 g/mol. The molecule has 0 unspecified atom stereocenters. The van der Waals surface area contributed by atoms with E-state index in [-0.39, 0.29) is 35.7 Å². The van der Waals surface area contributed by atoms with Crippen LogP contribution in [0.25, 0.3) is 44.2 Å². The summed E-state index contributed by atoms with van der Waals surface area (Å²) in [5.74, 6) is 2.27. The summed E-state index contributed by atoms with van der Waals surface area (Å²) in [6, 6.07) is 18.4. The van der Waals surface area contributed by atoms with Gasteiger partial charge in [-0.2, -0.15) is 0 Å². The second-order valence-corrected chi connectivity index (χ2v) is 16.5. The summed E-state index contributed by atoms with van der Waals surface area (Å²) in [7, 11) is 1.29. The van der Waals surface area contributed by atoms with E-state index in [0.29, 0.717) is 30.2 Å². The number of likely N-dealkylation sites (tertiary alicyclic amines) is 1. The second kappa shape index (κ2) is 14.3. The van der Waals surface area contributed by atoms with Gasteiger partial charge in [-0.15, -0.1) is 0 Å². The molecule has 2 fully saturated rings. The topological polar surface area (TPSA) is 136 Å². The number of methoxy groups -OCH3 is 1. The minimum Gasteiger partial charge on any atom is -0.453 e. The molecule has 3 N–H and O–H groups in total. The predicted octanol–water partition coefficient (Wildman–Crippen LogP) is 8.33. The van der Waals surface area contributed by atoms with Crippen LogP contribution >= 0.6 is 0 Å². The molecular weight excluding hydrogens is 691 g/mol. The Hall–Kier alpha value is -5.45. The number of ether oxygens (including phenoxy) is 1. The number of H-pyrrole nitrogens is 2. The zero-order valence-corrected chi connectivity index (χ0v) is 32.7. The van der Waals surface area contributed by atoms with Gasteiger partial charge in [0.1, 0.15) is 23.7 Å². The van der Waals surface area contributed by atoms with Crippen LogP contribution in [-0.2, 0) is 14.3 Å². The van der Waals surface area contributed by atoms with Crippen molar-refractivity contribution < 1.29 is 19.1 Å². The van der Waals surface area contributed by atoms with Gasteiger partial charge in [0.15, 0.2) is 0 Å². The first-order chi connectivity index (χ1) is 26.4. The van der Waals surface area contributed by atoms with Crippen molar-refractivity contribution in [2.45, 2.75) is 85.0 Å². The fourth-order valence-electron chi connectivity index (χ4n) is 8.85. The molecule has 11 nitrogen and oxygen atoms in total. The van der Waals surface area contributed by atoms with E-state index < -0.39 is 12.1 Å². The number of rotatable bonds is 9. The number of piperidine rings is 1. The standard InChI is InChI=1S/C44H51N7O4/c1-23(2)26(6)42(52)51-33-14-12-32(19-33)39(51)41-45-21-36(48-41)31-11-10-27-17-28(8-9-29(27)18-31)30-13-15-34-35(20-30)47-40(46-34)37-16-25(5)22-50(37)43(53)38(24(3)4)49-44(54)55-7/h8-11,13,15-18,20-21,23-24,26,32-33,37-39H,12,14,19,22H2,1-7H3,(H,45,48)(H,46,47)(H,49,54)/t26-,32+,33-,37-,38-,39-/m0/s1. The summed E-state index contributed by atoms with van der Waals surface area (Å²) < 4.78 is 4.79. The molecule has 286 valence electrons. The number of carbonyl (C=O) groups is 3. The van der Waals surface area contributed by atoms with Gasteiger partial charge < -0.3 is 29.8 Å². The van der Waals surface area contributed by atoms with Gasteiger partial charge >= 0.3 is 6.09 Å². The molecule has 1 saturated carbocycles. The lowest BCUT2D eigenvalue weighted by Crippen LogP contribution is -2.51. The van der Waals surface area contributed by atoms with Gasteiger partial charge in [0.2, 0.25) is 11.8 Å². The molecule has 0 radical (unpaired) electrons. The Morgan fingerprint density at radius 1 is 0.855 bits per heavy atom. The largest absolute Gasteiger partial charge is 0.453 e. The average Bonchev–Trinajstić information content (AvgIpc) is 4.03. The number of nitrogens with one attached hydrogen (secondary N) is 3. The van der Waals surface area contributed by atoms with Crippen LogP contribution in [0.15, 0.2) is 72.4 Å². The number of nitrogens with zero attached hydrogens (tertiary/aromatic N) is 4. The molecule has 3 amide bonds. The normalized spacial score (nSPS) is 21.9. The molecule has 3 aromatic carbocycles. The molecule has 5 aromatic rings. The highest BCUT2D eigenvalue weighted by Gasteiger charge is 2.50. The van der Waals surface area contributed by atoms with E-state index in [0.717, 1.165) is 74.9 Å². The van der Waals surface area contributed by atoms with Gasteiger partial charge in [-0.05, 0) is 90.1 Å². The zero-order valence-electron chi connectivity index (χ0n) is 32.7. The monoisotopic (exact) mass is 741 g/mol. The third kappa shape index (κ3) is 6.67. The Morgan fingerprint density at radius 2 is 1.56 bits per heavy atom. The smallest absolute Gasteiger partial charge is 0.407 e. The van der Waals surface area contributed by atoms with Crippen molar-refractivity contribution in [3.05, 3.63) is 84.1 Å². The molecule has 1 aliphatic carbocycles. The van der Waals surface area contributed by atoms with Gasteiger partial charge in [-0.25, -0.2) is 14.8 Å². The highest BCUT2D eigenvalue weighted by atomic mass is 16.5. The summed E-state index contributed by atoms with van der Waals surface area (Å²) in [6.07, 6.45) is 6.64. The van der Waals surface area contributed by atoms with Crippen molar-refractivity contribution in [2.24, 2.45) is 23.7 Å². The van der Waals surface area contributed by atoms with Crippen LogP contribution in [0.2, 0.25) is 0 Å². The molecule has 2 aliphatic heterocycles. The van der Waals surface area contributed by atoms with E-state index in [4.69, 9.17) is 14.7 Å². The van der Waals surface area contributed by atoms with E-state index in [9.17, 15) is 14.4 Å². The van der Waals surface area contributed by atoms with Crippen LogP contribution in [0.5, 0.6) is 0 Å². The lowest BCUT2D eigenvalue weighted by atomic mass is 9.93. The van der Waals surface area contributed by atoms with Crippen molar-refractivity contribution in [3.63, 3.8) is 0 Å². The highest BCUT2D eigenvalue weighted by Crippen LogP contribution is 2.50. The number of carbonyl (C=O) groups excluding carboxylic acids is 3. The Balaban J connectivity index is 1.02. The SMILES string of the molecule is COC(=O)N[C@H](C(=O)N1CC(C)=C[C@H]1c1nc2ccc(-c3ccc4cc(-c5cnc([C@@H]6[C@@H]7CC[C@@H](C7)N6C(=O)[C@@H](C)C(C)C)[nH]5)ccc4c3)cc2[nH]1)C(C)C. The number of benzene rings is 3. The number of hydrogen-bond acceptors (Lipinski definition) is 6. The summed E-state index contributed by atoms with van der Waals surface area (Å²) in [5.41, 5.74) is 6.91. The van der Waals surface area contributed by atoms with Crippen molar-refractivity contribution in [1.82, 2.24) is 35.1 Å². The van der Waals surface area contributed by atoms with Gasteiger partial charge in [-0.3, -0.25) is 9.59 Å². The van der Waals surface area contributed by atoms with Gasteiger partial charge in [0.25, 0.3) is 0 Å². The van der Waals surface area contributed by atoms with E-state index in [1.807, 2.05) is 33.0 Å². The minimum atomic E-state index is -0.723. The van der Waals surface area contributed by atoms with Crippen LogP contribution in [0.4, 0.5) is 4.79 Å². The molecular formula is C44H51N7O4. The lowest BCUT2D eigenvalue weighted by Gasteiger charge is -2.36. The number of alkyl carbamates (subject to hydrolysis) is 1. The molecule has 1 saturated heterocycles. The third-order valence-corrected chi connectivity index (χ3v) is 12.2. The van der Waals surface area contributed by atoms with E-state index in [1.165, 1.54) is 7.11 Å². The molecule has 4 heterocycles. The molecule has 8 rings (SSSR count). The van der Waals surface area contributed by atoms with Gasteiger partial charge in [0.05, 0.1) is 36.1 Å². The molecule has 2 bridgehead atoms. The first-order valence-electron chi connectivity index (χ1n) is 19.6. The molecule has 2 aromatic heterocycles. The maximum atomic E-state index is 13.7. The number of amides is 3. The first kappa shape index (κ1) is 36.5. The number of hydrogen-bond donors (Lipinski definition) is 3. The predicted molar refractivity (Wildman–Crippen MR) is 214 cm³/mol. The highest BCUT2D eigenvalue weighted by molar-refractivity contribution is 5.92. The molecule has 55 heavy (non-hydrogen) atoms. The number of fused-ring (bicyclic) bond motifs is 4. The van der Waals surface area contributed by atoms with Crippen molar-refractivity contribution in [3.8, 4) is 22.4 Å². The summed E-state index contributed by atoms with van der Waals surface area (Å²) >= 11 is 0.